The highest BCUT2D eigenvalue weighted by molar-refractivity contribution is 6.35. The van der Waals surface area contributed by atoms with Crippen molar-refractivity contribution in [1.82, 2.24) is 4.98 Å². The van der Waals surface area contributed by atoms with E-state index in [4.69, 9.17) is 21.4 Å². The Morgan fingerprint density at radius 1 is 1.41 bits per heavy atom. The van der Waals surface area contributed by atoms with Crippen LogP contribution >= 0.6 is 11.6 Å². The summed E-state index contributed by atoms with van der Waals surface area (Å²) in [5.74, 6) is -0.653. The minimum Gasteiger partial charge on any atom is -0.496 e. The molecule has 0 fully saturated rings. The van der Waals surface area contributed by atoms with Crippen molar-refractivity contribution >= 4 is 28.5 Å². The number of hydrogen-bond acceptors (Lipinski definition) is 3. The second-order valence-corrected chi connectivity index (χ2v) is 4.07. The molecule has 0 unspecified atom stereocenters. The average molecular weight is 252 g/mol. The highest BCUT2D eigenvalue weighted by atomic mass is 35.5. The van der Waals surface area contributed by atoms with Crippen molar-refractivity contribution in [2.24, 2.45) is 0 Å². The van der Waals surface area contributed by atoms with Crippen molar-refractivity contribution in [2.75, 3.05) is 7.11 Å². The zero-order valence-electron chi connectivity index (χ0n) is 9.32. The molecule has 0 saturated carbocycles. The third-order valence-corrected chi connectivity index (χ3v) is 2.70. The number of fused-ring (bicyclic) bond motifs is 1. The number of ether oxygens (including phenoxy) is 1. The van der Waals surface area contributed by atoms with Gasteiger partial charge in [0.05, 0.1) is 17.6 Å². The molecular weight excluding hydrogens is 242 g/mol. The van der Waals surface area contributed by atoms with E-state index < -0.39 is 5.97 Å². The molecule has 0 spiro atoms. The topological polar surface area (TPSA) is 59.4 Å². The van der Waals surface area contributed by atoms with E-state index in [0.717, 1.165) is 5.56 Å². The Morgan fingerprint density at radius 2 is 2.12 bits per heavy atom. The van der Waals surface area contributed by atoms with Gasteiger partial charge in [-0.15, -0.1) is 0 Å². The largest absolute Gasteiger partial charge is 0.496 e. The van der Waals surface area contributed by atoms with Crippen molar-refractivity contribution in [3.05, 3.63) is 34.5 Å². The third-order valence-electron chi connectivity index (χ3n) is 2.41. The molecule has 4 nitrogen and oxygen atoms in total. The molecule has 88 valence electrons. The number of benzene rings is 1. The maximum absolute atomic E-state index is 10.9. The number of halogens is 1. The number of pyridine rings is 1. The van der Waals surface area contributed by atoms with Crippen LogP contribution in [0.1, 0.15) is 16.1 Å². The number of aromatic carboxylic acids is 1. The van der Waals surface area contributed by atoms with Gasteiger partial charge in [-0.05, 0) is 24.6 Å². The SMILES string of the molecule is COc1cc(C(=O)O)nc2c(Cl)cc(C)cc12. The van der Waals surface area contributed by atoms with E-state index in [1.807, 2.05) is 13.0 Å². The maximum atomic E-state index is 10.9. The zero-order valence-corrected chi connectivity index (χ0v) is 10.1. The Kier molecular flexibility index (Phi) is 2.90. The molecule has 2 rings (SSSR count). The monoisotopic (exact) mass is 251 g/mol. The lowest BCUT2D eigenvalue weighted by atomic mass is 10.1. The Labute approximate surface area is 103 Å². The summed E-state index contributed by atoms with van der Waals surface area (Å²) in [6.07, 6.45) is 0. The lowest BCUT2D eigenvalue weighted by molar-refractivity contribution is 0.0690. The van der Waals surface area contributed by atoms with Crippen LogP contribution in [0.15, 0.2) is 18.2 Å². The summed E-state index contributed by atoms with van der Waals surface area (Å²) in [4.78, 5) is 14.9. The fourth-order valence-electron chi connectivity index (χ4n) is 1.67. The Balaban J connectivity index is 2.87. The van der Waals surface area contributed by atoms with Crippen LogP contribution in [0.25, 0.3) is 10.9 Å². The van der Waals surface area contributed by atoms with Gasteiger partial charge in [-0.1, -0.05) is 11.6 Å². The number of rotatable bonds is 2. The summed E-state index contributed by atoms with van der Waals surface area (Å²) < 4.78 is 5.17. The third kappa shape index (κ3) is 2.03. The lowest BCUT2D eigenvalue weighted by Crippen LogP contribution is -2.02. The Bertz CT molecular complexity index is 610. The van der Waals surface area contributed by atoms with Gasteiger partial charge in [-0.25, -0.2) is 9.78 Å². The van der Waals surface area contributed by atoms with Crippen LogP contribution in [-0.2, 0) is 0 Å². The molecule has 0 bridgehead atoms. The summed E-state index contributed by atoms with van der Waals surface area (Å²) in [7, 11) is 1.48. The maximum Gasteiger partial charge on any atom is 0.354 e. The van der Waals surface area contributed by atoms with E-state index >= 15 is 0 Å². The van der Waals surface area contributed by atoms with Gasteiger partial charge >= 0.3 is 5.97 Å². The summed E-state index contributed by atoms with van der Waals surface area (Å²) >= 11 is 6.06. The van der Waals surface area contributed by atoms with Gasteiger partial charge in [0.1, 0.15) is 5.75 Å². The van der Waals surface area contributed by atoms with Crippen molar-refractivity contribution in [3.63, 3.8) is 0 Å². The fraction of sp³-hybridized carbons (Fsp3) is 0.167. The molecule has 0 aliphatic carbocycles. The van der Waals surface area contributed by atoms with Gasteiger partial charge in [-0.2, -0.15) is 0 Å². The number of nitrogens with zero attached hydrogens (tertiary/aromatic N) is 1. The molecule has 1 aromatic carbocycles. The second-order valence-electron chi connectivity index (χ2n) is 3.66. The van der Waals surface area contributed by atoms with Gasteiger partial charge in [0.2, 0.25) is 0 Å². The van der Waals surface area contributed by atoms with Crippen LogP contribution in [0.5, 0.6) is 5.75 Å². The number of carbonyl (C=O) groups is 1. The highest BCUT2D eigenvalue weighted by Crippen LogP contribution is 2.31. The number of carboxylic acids is 1. The molecule has 0 radical (unpaired) electrons. The minimum atomic E-state index is -1.11. The first-order chi connectivity index (χ1) is 8.02. The van der Waals surface area contributed by atoms with Gasteiger partial charge in [0.25, 0.3) is 0 Å². The predicted octanol–water partition coefficient (Wildman–Crippen LogP) is 2.90. The molecule has 5 heteroatoms. The first kappa shape index (κ1) is 11.7. The van der Waals surface area contributed by atoms with Gasteiger partial charge in [0.15, 0.2) is 5.69 Å². The van der Waals surface area contributed by atoms with E-state index in [2.05, 4.69) is 4.98 Å². The zero-order chi connectivity index (χ0) is 12.6. The van der Waals surface area contributed by atoms with E-state index in [1.54, 1.807) is 6.07 Å². The van der Waals surface area contributed by atoms with Crippen molar-refractivity contribution in [2.45, 2.75) is 6.92 Å². The molecule has 0 amide bonds. The lowest BCUT2D eigenvalue weighted by Gasteiger charge is -2.08. The summed E-state index contributed by atoms with van der Waals surface area (Å²) in [5.41, 5.74) is 1.32. The van der Waals surface area contributed by atoms with Crippen LogP contribution in [0.3, 0.4) is 0 Å². The van der Waals surface area contributed by atoms with Gasteiger partial charge in [-0.3, -0.25) is 0 Å². The average Bonchev–Trinajstić information content (AvgIpc) is 2.27. The van der Waals surface area contributed by atoms with Crippen LogP contribution in [0, 0.1) is 6.92 Å². The van der Waals surface area contributed by atoms with Crippen LogP contribution in [-0.4, -0.2) is 23.2 Å². The normalized spacial score (nSPS) is 10.5. The molecule has 0 atom stereocenters. The number of aromatic nitrogens is 1. The fourth-order valence-corrected chi connectivity index (χ4v) is 1.99. The van der Waals surface area contributed by atoms with Crippen molar-refractivity contribution in [3.8, 4) is 5.75 Å². The number of methoxy groups -OCH3 is 1. The minimum absolute atomic E-state index is 0.0832. The van der Waals surface area contributed by atoms with Crippen LogP contribution < -0.4 is 4.74 Å². The Hall–Kier alpha value is -1.81. The standard InChI is InChI=1S/C12H10ClNO3/c1-6-3-7-10(17-2)5-9(12(15)16)14-11(7)8(13)4-6/h3-5H,1-2H3,(H,15,16). The molecule has 0 aliphatic rings. The number of aryl methyl sites for hydroxylation is 1. The molecule has 0 aliphatic heterocycles. The van der Waals surface area contributed by atoms with E-state index in [9.17, 15) is 4.79 Å². The second kappa shape index (κ2) is 4.22. The first-order valence-corrected chi connectivity index (χ1v) is 5.29. The molecule has 0 saturated heterocycles. The molecule has 17 heavy (non-hydrogen) atoms. The molecule has 1 aromatic heterocycles. The quantitative estimate of drug-likeness (QED) is 0.892. The van der Waals surface area contributed by atoms with E-state index in [-0.39, 0.29) is 5.69 Å². The van der Waals surface area contributed by atoms with Gasteiger partial charge in [0, 0.05) is 11.5 Å². The first-order valence-electron chi connectivity index (χ1n) is 4.91. The molecular formula is C12H10ClNO3. The molecule has 1 heterocycles. The van der Waals surface area contributed by atoms with E-state index in [0.29, 0.717) is 21.7 Å². The number of hydrogen-bond donors (Lipinski definition) is 1. The summed E-state index contributed by atoms with van der Waals surface area (Å²) in [6, 6.07) is 4.99. The smallest absolute Gasteiger partial charge is 0.354 e. The van der Waals surface area contributed by atoms with Crippen molar-refractivity contribution < 1.29 is 14.6 Å². The highest BCUT2D eigenvalue weighted by Gasteiger charge is 2.13. The van der Waals surface area contributed by atoms with Gasteiger partial charge < -0.3 is 9.84 Å². The summed E-state index contributed by atoms with van der Waals surface area (Å²) in [5, 5.41) is 10.1. The Morgan fingerprint density at radius 3 is 2.71 bits per heavy atom. The number of carboxylic acid groups (broad SMARTS) is 1. The molecule has 1 N–H and O–H groups in total. The van der Waals surface area contributed by atoms with Crippen LogP contribution in [0.2, 0.25) is 5.02 Å². The summed E-state index contributed by atoms with van der Waals surface area (Å²) in [6.45, 7) is 1.90. The predicted molar refractivity (Wildman–Crippen MR) is 65.0 cm³/mol. The van der Waals surface area contributed by atoms with Crippen molar-refractivity contribution in [1.29, 1.82) is 0 Å². The van der Waals surface area contributed by atoms with Crippen LogP contribution in [0.4, 0.5) is 0 Å². The van der Waals surface area contributed by atoms with E-state index in [1.165, 1.54) is 13.2 Å². The molecule has 2 aromatic rings.